The van der Waals surface area contributed by atoms with E-state index in [1.165, 1.54) is 7.11 Å². The molecule has 1 heterocycles. The van der Waals surface area contributed by atoms with Crippen LogP contribution in [0.3, 0.4) is 0 Å². The van der Waals surface area contributed by atoms with Crippen LogP contribution in [0.15, 0.2) is 0 Å². The van der Waals surface area contributed by atoms with Crippen LogP contribution in [-0.2, 0) is 9.47 Å². The Hall–Kier alpha value is -0.200. The van der Waals surface area contributed by atoms with Gasteiger partial charge in [-0.2, -0.15) is 0 Å². The summed E-state index contributed by atoms with van der Waals surface area (Å²) in [5.74, 6) is 0. The van der Waals surface area contributed by atoms with Crippen LogP contribution >= 0.6 is 0 Å². The predicted molar refractivity (Wildman–Crippen MR) is 39.4 cm³/mol. The first-order valence-electron chi connectivity index (χ1n) is 3.80. The molecule has 1 fully saturated rings. The molecule has 0 spiro atoms. The Labute approximate surface area is 70.5 Å². The van der Waals surface area contributed by atoms with Crippen LogP contribution in [0, 0.1) is 0 Å². The van der Waals surface area contributed by atoms with Crippen molar-refractivity contribution in [3.8, 4) is 0 Å². The zero-order valence-corrected chi connectivity index (χ0v) is 7.04. The minimum absolute atomic E-state index is 0.534. The van der Waals surface area contributed by atoms with Gasteiger partial charge < -0.3 is 24.8 Å². The maximum atomic E-state index is 9.27. The summed E-state index contributed by atoms with van der Waals surface area (Å²) in [6.07, 6.45) is -4.86. The van der Waals surface area contributed by atoms with Gasteiger partial charge >= 0.3 is 0 Å². The number of aliphatic hydroxyl groups excluding tert-OH is 3. The van der Waals surface area contributed by atoms with Gasteiger partial charge in [-0.25, -0.2) is 0 Å². The third kappa shape index (κ3) is 1.60. The highest BCUT2D eigenvalue weighted by Gasteiger charge is 2.41. The van der Waals surface area contributed by atoms with Crippen LogP contribution in [0.5, 0.6) is 0 Å². The molecule has 3 unspecified atom stereocenters. The largest absolute Gasteiger partial charge is 0.388 e. The van der Waals surface area contributed by atoms with Crippen molar-refractivity contribution in [2.75, 3.05) is 7.11 Å². The lowest BCUT2D eigenvalue weighted by molar-refractivity contribution is -0.286. The lowest BCUT2D eigenvalue weighted by atomic mass is 10.0. The fourth-order valence-corrected chi connectivity index (χ4v) is 1.21. The first-order valence-corrected chi connectivity index (χ1v) is 3.80. The van der Waals surface area contributed by atoms with Crippen LogP contribution in [0.2, 0.25) is 0 Å². The van der Waals surface area contributed by atoms with Crippen LogP contribution in [0.1, 0.15) is 6.92 Å². The minimum Gasteiger partial charge on any atom is -0.388 e. The Morgan fingerprint density at radius 2 is 1.67 bits per heavy atom. The van der Waals surface area contributed by atoms with Crippen molar-refractivity contribution in [1.29, 1.82) is 0 Å². The number of ether oxygens (including phenoxy) is 2. The van der Waals surface area contributed by atoms with Gasteiger partial charge in [-0.05, 0) is 6.92 Å². The van der Waals surface area contributed by atoms with Gasteiger partial charge in [-0.3, -0.25) is 0 Å². The molecule has 0 saturated carbocycles. The second kappa shape index (κ2) is 3.68. The summed E-state index contributed by atoms with van der Waals surface area (Å²) in [5, 5.41) is 27.8. The van der Waals surface area contributed by atoms with E-state index in [0.717, 1.165) is 0 Å². The Bertz CT molecular complexity index is 146. The fourth-order valence-electron chi connectivity index (χ4n) is 1.21. The molecular formula is C7H14O5. The molecule has 1 saturated heterocycles. The molecule has 5 atom stereocenters. The zero-order chi connectivity index (χ0) is 9.30. The van der Waals surface area contributed by atoms with Gasteiger partial charge in [-0.1, -0.05) is 0 Å². The lowest BCUT2D eigenvalue weighted by Gasteiger charge is -2.38. The molecule has 12 heavy (non-hydrogen) atoms. The van der Waals surface area contributed by atoms with E-state index in [-0.39, 0.29) is 0 Å². The summed E-state index contributed by atoms with van der Waals surface area (Å²) >= 11 is 0. The van der Waals surface area contributed by atoms with Crippen molar-refractivity contribution in [3.05, 3.63) is 0 Å². The Morgan fingerprint density at radius 1 is 1.08 bits per heavy atom. The maximum Gasteiger partial charge on any atom is 0.186 e. The molecule has 1 aliphatic rings. The van der Waals surface area contributed by atoms with Gasteiger partial charge in [0.05, 0.1) is 6.10 Å². The third-order valence-corrected chi connectivity index (χ3v) is 2.04. The number of hydrogen-bond acceptors (Lipinski definition) is 5. The molecule has 1 rings (SSSR count). The topological polar surface area (TPSA) is 79.2 Å². The van der Waals surface area contributed by atoms with E-state index < -0.39 is 30.7 Å². The van der Waals surface area contributed by atoms with Crippen molar-refractivity contribution in [1.82, 2.24) is 0 Å². The van der Waals surface area contributed by atoms with Crippen LogP contribution in [0.25, 0.3) is 0 Å². The van der Waals surface area contributed by atoms with E-state index in [1.54, 1.807) is 6.92 Å². The van der Waals surface area contributed by atoms with Gasteiger partial charge in [0.2, 0.25) is 0 Å². The van der Waals surface area contributed by atoms with Crippen molar-refractivity contribution < 1.29 is 24.8 Å². The summed E-state index contributed by atoms with van der Waals surface area (Å²) in [7, 11) is 1.37. The van der Waals surface area contributed by atoms with Crippen molar-refractivity contribution in [3.63, 3.8) is 0 Å². The number of aliphatic hydroxyl groups is 3. The average molecular weight is 178 g/mol. The van der Waals surface area contributed by atoms with E-state index in [4.69, 9.17) is 9.47 Å². The number of rotatable bonds is 1. The Balaban J connectivity index is 2.63. The zero-order valence-electron chi connectivity index (χ0n) is 7.04. The van der Waals surface area contributed by atoms with Gasteiger partial charge in [0.15, 0.2) is 6.29 Å². The molecule has 5 nitrogen and oxygen atoms in total. The summed E-state index contributed by atoms with van der Waals surface area (Å²) in [4.78, 5) is 0. The SMILES string of the molecule is COC1OC(C)[C@H](O)[C@H](O)C1O. The molecule has 72 valence electrons. The number of methoxy groups -OCH3 is 1. The van der Waals surface area contributed by atoms with E-state index in [0.29, 0.717) is 0 Å². The van der Waals surface area contributed by atoms with E-state index in [2.05, 4.69) is 0 Å². The second-order valence-corrected chi connectivity index (χ2v) is 2.92. The average Bonchev–Trinajstić information content (AvgIpc) is 2.08. The third-order valence-electron chi connectivity index (χ3n) is 2.04. The van der Waals surface area contributed by atoms with E-state index in [1.807, 2.05) is 0 Å². The van der Waals surface area contributed by atoms with Crippen LogP contribution in [0.4, 0.5) is 0 Å². The first-order chi connectivity index (χ1) is 5.57. The summed E-state index contributed by atoms with van der Waals surface area (Å²) in [6.45, 7) is 1.60. The normalized spacial score (nSPS) is 49.2. The van der Waals surface area contributed by atoms with Crippen molar-refractivity contribution in [2.45, 2.75) is 37.6 Å². The van der Waals surface area contributed by atoms with Crippen molar-refractivity contribution in [2.24, 2.45) is 0 Å². The molecule has 0 bridgehead atoms. The molecular weight excluding hydrogens is 164 g/mol. The quantitative estimate of drug-likeness (QED) is 0.453. The highest BCUT2D eigenvalue weighted by Crippen LogP contribution is 2.20. The standard InChI is InChI=1S/C7H14O5/c1-3-4(8)5(9)6(10)7(11-2)12-3/h3-10H,1-2H3/t3?,4-,5-,6?,7?/m0/s1. The fraction of sp³-hybridized carbons (Fsp3) is 1.00. The highest BCUT2D eigenvalue weighted by atomic mass is 16.7. The number of hydrogen-bond donors (Lipinski definition) is 3. The van der Waals surface area contributed by atoms with Crippen molar-refractivity contribution >= 4 is 0 Å². The Morgan fingerprint density at radius 3 is 2.17 bits per heavy atom. The lowest BCUT2D eigenvalue weighted by Crippen LogP contribution is -2.57. The van der Waals surface area contributed by atoms with Gasteiger partial charge in [0.25, 0.3) is 0 Å². The Kier molecular flexibility index (Phi) is 3.03. The summed E-state index contributed by atoms with van der Waals surface area (Å²) in [5.41, 5.74) is 0. The monoisotopic (exact) mass is 178 g/mol. The molecule has 1 aliphatic heterocycles. The molecule has 0 aromatic carbocycles. The second-order valence-electron chi connectivity index (χ2n) is 2.92. The van der Waals surface area contributed by atoms with Gasteiger partial charge in [0, 0.05) is 7.11 Å². The van der Waals surface area contributed by atoms with E-state index in [9.17, 15) is 15.3 Å². The summed E-state index contributed by atoms with van der Waals surface area (Å²) < 4.78 is 9.80. The van der Waals surface area contributed by atoms with Crippen LogP contribution < -0.4 is 0 Å². The molecule has 0 aromatic heterocycles. The molecule has 0 aliphatic carbocycles. The molecule has 0 aromatic rings. The predicted octanol–water partition coefficient (Wildman–Crippen LogP) is -1.54. The molecule has 3 N–H and O–H groups in total. The van der Waals surface area contributed by atoms with Gasteiger partial charge in [0.1, 0.15) is 18.3 Å². The molecule has 5 heteroatoms. The minimum atomic E-state index is -1.21. The highest BCUT2D eigenvalue weighted by molar-refractivity contribution is 4.86. The van der Waals surface area contributed by atoms with E-state index >= 15 is 0 Å². The van der Waals surface area contributed by atoms with Crippen LogP contribution in [-0.4, -0.2) is 53.1 Å². The maximum absolute atomic E-state index is 9.27. The van der Waals surface area contributed by atoms with Gasteiger partial charge in [-0.15, -0.1) is 0 Å². The molecule has 0 amide bonds. The smallest absolute Gasteiger partial charge is 0.186 e. The first kappa shape index (κ1) is 9.88. The summed E-state index contributed by atoms with van der Waals surface area (Å²) in [6, 6.07) is 0. The molecule has 0 radical (unpaired) electrons.